The van der Waals surface area contributed by atoms with Crippen LogP contribution in [0.2, 0.25) is 0 Å². The van der Waals surface area contributed by atoms with Crippen molar-refractivity contribution < 1.29 is 13.5 Å². The van der Waals surface area contributed by atoms with E-state index in [9.17, 15) is 13.6 Å². The minimum absolute atomic E-state index is 0.0419. The fraction of sp³-hybridized carbons (Fsp3) is 0.286. The highest BCUT2D eigenvalue weighted by molar-refractivity contribution is 5.82. The van der Waals surface area contributed by atoms with Crippen molar-refractivity contribution in [2.24, 2.45) is 0 Å². The number of aryl methyl sites for hydroxylation is 1. The van der Waals surface area contributed by atoms with E-state index in [4.69, 9.17) is 10.00 Å². The van der Waals surface area contributed by atoms with Crippen molar-refractivity contribution in [1.29, 1.82) is 5.26 Å². The SMILES string of the molecule is CCc1cc2cc(C#N)c(OCC(F)F)cc2[nH]c1=O. The number of rotatable bonds is 4. The normalized spacial score (nSPS) is 10.8. The van der Waals surface area contributed by atoms with Gasteiger partial charge in [-0.3, -0.25) is 4.79 Å². The van der Waals surface area contributed by atoms with Crippen LogP contribution in [0.4, 0.5) is 8.78 Å². The maximum Gasteiger partial charge on any atom is 0.272 e. The largest absolute Gasteiger partial charge is 0.486 e. The molecule has 1 heterocycles. The highest BCUT2D eigenvalue weighted by Gasteiger charge is 2.11. The Morgan fingerprint density at radius 2 is 2.15 bits per heavy atom. The van der Waals surface area contributed by atoms with E-state index < -0.39 is 13.0 Å². The molecule has 1 N–H and O–H groups in total. The van der Waals surface area contributed by atoms with E-state index in [-0.39, 0.29) is 16.9 Å². The number of hydrogen-bond acceptors (Lipinski definition) is 3. The lowest BCUT2D eigenvalue weighted by atomic mass is 10.1. The highest BCUT2D eigenvalue weighted by Crippen LogP contribution is 2.24. The van der Waals surface area contributed by atoms with Crippen molar-refractivity contribution in [3.05, 3.63) is 39.7 Å². The molecule has 0 radical (unpaired) electrons. The summed E-state index contributed by atoms with van der Waals surface area (Å²) in [5.41, 5.74) is 0.981. The number of ether oxygens (including phenoxy) is 1. The number of aromatic nitrogens is 1. The maximum atomic E-state index is 12.2. The van der Waals surface area contributed by atoms with Crippen molar-refractivity contribution in [1.82, 2.24) is 4.98 Å². The predicted octanol–water partition coefficient (Wildman–Crippen LogP) is 2.61. The summed E-state index contributed by atoms with van der Waals surface area (Å²) in [6.07, 6.45) is -2.06. The number of benzene rings is 1. The first kappa shape index (κ1) is 14.0. The molecule has 0 aliphatic heterocycles. The molecule has 6 heteroatoms. The zero-order valence-corrected chi connectivity index (χ0v) is 10.7. The molecule has 0 bridgehead atoms. The molecular formula is C14H12F2N2O2. The Hall–Kier alpha value is -2.42. The first-order valence-electron chi connectivity index (χ1n) is 6.06. The number of H-pyrrole nitrogens is 1. The Bertz CT molecular complexity index is 732. The van der Waals surface area contributed by atoms with Gasteiger partial charge in [-0.25, -0.2) is 8.78 Å². The average molecular weight is 278 g/mol. The average Bonchev–Trinajstić information content (AvgIpc) is 2.43. The molecule has 1 aromatic heterocycles. The van der Waals surface area contributed by atoms with Gasteiger partial charge in [-0.15, -0.1) is 0 Å². The van der Waals surface area contributed by atoms with E-state index in [1.54, 1.807) is 6.07 Å². The summed E-state index contributed by atoms with van der Waals surface area (Å²) in [7, 11) is 0. The molecule has 20 heavy (non-hydrogen) atoms. The lowest BCUT2D eigenvalue weighted by Crippen LogP contribution is -2.12. The number of halogens is 2. The topological polar surface area (TPSA) is 65.9 Å². The first-order valence-corrected chi connectivity index (χ1v) is 6.06. The fourth-order valence-electron chi connectivity index (χ4n) is 1.90. The van der Waals surface area contributed by atoms with Gasteiger partial charge < -0.3 is 9.72 Å². The molecule has 0 saturated heterocycles. The van der Waals surface area contributed by atoms with Gasteiger partial charge in [0.1, 0.15) is 18.4 Å². The summed E-state index contributed by atoms with van der Waals surface area (Å²) >= 11 is 0. The van der Waals surface area contributed by atoms with Gasteiger partial charge in [-0.1, -0.05) is 6.92 Å². The van der Waals surface area contributed by atoms with Crippen LogP contribution in [-0.2, 0) is 6.42 Å². The summed E-state index contributed by atoms with van der Waals surface area (Å²) in [6.45, 7) is 1.05. The maximum absolute atomic E-state index is 12.2. The molecule has 0 aliphatic rings. The van der Waals surface area contributed by atoms with E-state index in [1.165, 1.54) is 12.1 Å². The molecule has 0 aliphatic carbocycles. The van der Waals surface area contributed by atoms with Crippen LogP contribution in [0.15, 0.2) is 23.0 Å². The van der Waals surface area contributed by atoms with Crippen molar-refractivity contribution in [2.75, 3.05) is 6.61 Å². The Morgan fingerprint density at radius 3 is 2.75 bits per heavy atom. The van der Waals surface area contributed by atoms with Crippen LogP contribution in [0.1, 0.15) is 18.1 Å². The van der Waals surface area contributed by atoms with Crippen molar-refractivity contribution in [3.8, 4) is 11.8 Å². The lowest BCUT2D eigenvalue weighted by Gasteiger charge is -2.09. The third-order valence-corrected chi connectivity index (χ3v) is 2.89. The number of nitriles is 1. The quantitative estimate of drug-likeness (QED) is 0.934. The van der Waals surface area contributed by atoms with Crippen molar-refractivity contribution in [2.45, 2.75) is 19.8 Å². The third-order valence-electron chi connectivity index (χ3n) is 2.89. The standard InChI is InChI=1S/C14H12F2N2O2/c1-2-8-3-9-4-10(6-17)12(20-7-13(15)16)5-11(9)18-14(8)19/h3-5,13H,2,7H2,1H3,(H,18,19). The molecule has 0 fully saturated rings. The minimum atomic E-state index is -2.63. The van der Waals surface area contributed by atoms with E-state index >= 15 is 0 Å². The van der Waals surface area contributed by atoms with Crippen LogP contribution in [0.25, 0.3) is 10.9 Å². The molecule has 1 aromatic carbocycles. The molecule has 0 saturated carbocycles. The summed E-state index contributed by atoms with van der Waals surface area (Å²) in [5, 5.41) is 9.70. The Morgan fingerprint density at radius 1 is 1.40 bits per heavy atom. The molecule has 0 atom stereocenters. The van der Waals surface area contributed by atoms with Crippen LogP contribution < -0.4 is 10.3 Å². The molecule has 4 nitrogen and oxygen atoms in total. The number of nitrogens with one attached hydrogen (secondary N) is 1. The summed E-state index contributed by atoms with van der Waals surface area (Å²) in [4.78, 5) is 14.4. The monoisotopic (exact) mass is 278 g/mol. The van der Waals surface area contributed by atoms with Crippen LogP contribution >= 0.6 is 0 Å². The fourth-order valence-corrected chi connectivity index (χ4v) is 1.90. The van der Waals surface area contributed by atoms with Crippen molar-refractivity contribution >= 4 is 10.9 Å². The van der Waals surface area contributed by atoms with Crippen LogP contribution in [-0.4, -0.2) is 18.0 Å². The molecule has 0 spiro atoms. The molecule has 0 unspecified atom stereocenters. The molecule has 104 valence electrons. The van der Waals surface area contributed by atoms with Gasteiger partial charge in [-0.2, -0.15) is 5.26 Å². The van der Waals surface area contributed by atoms with Gasteiger partial charge in [-0.05, 0) is 18.6 Å². The second-order valence-electron chi connectivity index (χ2n) is 4.23. The van der Waals surface area contributed by atoms with Gasteiger partial charge in [0.05, 0.1) is 11.1 Å². The van der Waals surface area contributed by atoms with Crippen LogP contribution in [0.5, 0.6) is 5.75 Å². The lowest BCUT2D eigenvalue weighted by molar-refractivity contribution is 0.0818. The van der Waals surface area contributed by atoms with E-state index in [0.717, 1.165) is 0 Å². The Labute approximate surface area is 113 Å². The number of pyridine rings is 1. The van der Waals surface area contributed by atoms with Gasteiger partial charge in [0, 0.05) is 17.0 Å². The van der Waals surface area contributed by atoms with Crippen LogP contribution in [0.3, 0.4) is 0 Å². The minimum Gasteiger partial charge on any atom is -0.486 e. The third kappa shape index (κ3) is 2.77. The Kier molecular flexibility index (Phi) is 3.99. The van der Waals surface area contributed by atoms with E-state index in [2.05, 4.69) is 4.98 Å². The molecule has 2 aromatic rings. The van der Waals surface area contributed by atoms with Gasteiger partial charge in [0.2, 0.25) is 0 Å². The van der Waals surface area contributed by atoms with Gasteiger partial charge in [0.15, 0.2) is 0 Å². The number of fused-ring (bicyclic) bond motifs is 1. The van der Waals surface area contributed by atoms with Gasteiger partial charge >= 0.3 is 0 Å². The zero-order valence-electron chi connectivity index (χ0n) is 10.7. The predicted molar refractivity (Wildman–Crippen MR) is 70.2 cm³/mol. The molecule has 2 rings (SSSR count). The Balaban J connectivity index is 2.55. The molecule has 0 amide bonds. The summed E-state index contributed by atoms with van der Waals surface area (Å²) in [5.74, 6) is 0.0419. The van der Waals surface area contributed by atoms with Crippen LogP contribution in [0, 0.1) is 11.3 Å². The smallest absolute Gasteiger partial charge is 0.272 e. The number of nitrogens with zero attached hydrogens (tertiary/aromatic N) is 1. The first-order chi connectivity index (χ1) is 9.55. The highest BCUT2D eigenvalue weighted by atomic mass is 19.3. The summed E-state index contributed by atoms with van der Waals surface area (Å²) in [6, 6.07) is 6.51. The van der Waals surface area contributed by atoms with Crippen molar-refractivity contribution in [3.63, 3.8) is 0 Å². The second-order valence-corrected chi connectivity index (χ2v) is 4.23. The number of alkyl halides is 2. The molecular weight excluding hydrogens is 266 g/mol. The second kappa shape index (κ2) is 5.70. The number of aromatic amines is 1. The summed E-state index contributed by atoms with van der Waals surface area (Å²) < 4.78 is 29.2. The number of hydrogen-bond donors (Lipinski definition) is 1. The zero-order chi connectivity index (χ0) is 14.7. The van der Waals surface area contributed by atoms with E-state index in [1.807, 2.05) is 13.0 Å². The van der Waals surface area contributed by atoms with Gasteiger partial charge in [0.25, 0.3) is 12.0 Å². The van der Waals surface area contributed by atoms with E-state index in [0.29, 0.717) is 22.9 Å².